The Labute approximate surface area is 120 Å². The third-order valence-electron chi connectivity index (χ3n) is 3.51. The van der Waals surface area contributed by atoms with E-state index in [2.05, 4.69) is 20.3 Å². The lowest BCUT2D eigenvalue weighted by Gasteiger charge is -2.15. The van der Waals surface area contributed by atoms with Crippen molar-refractivity contribution in [3.05, 3.63) is 41.0 Å². The number of nitrogen functional groups attached to an aromatic ring is 1. The average molecular weight is 291 g/mol. The molecule has 2 aromatic rings. The van der Waals surface area contributed by atoms with E-state index in [9.17, 15) is 8.78 Å². The van der Waals surface area contributed by atoms with Crippen molar-refractivity contribution >= 4 is 11.9 Å². The Morgan fingerprint density at radius 2 is 2.14 bits per heavy atom. The summed E-state index contributed by atoms with van der Waals surface area (Å²) < 4.78 is 26.7. The second-order valence-corrected chi connectivity index (χ2v) is 5.07. The largest absolute Gasteiger partial charge is 0.368 e. The Morgan fingerprint density at radius 3 is 2.90 bits per heavy atom. The molecule has 0 radical (unpaired) electrons. The van der Waals surface area contributed by atoms with E-state index in [0.29, 0.717) is 0 Å². The zero-order chi connectivity index (χ0) is 15.0. The molecule has 0 bridgehead atoms. The summed E-state index contributed by atoms with van der Waals surface area (Å²) in [5, 5.41) is 3.08. The zero-order valence-corrected chi connectivity index (χ0v) is 11.5. The number of anilines is 2. The molecule has 1 aliphatic carbocycles. The standard InChI is InChI=1S/C14H15F2N5/c1-7(15)12-19-13(17)21-14(20-12)18-11-5-3-8-2-4-9(16)6-10(8)11/h2,4,6-7,11H,3,5H2,1H3,(H3,17,18,19,20,21). The zero-order valence-electron chi connectivity index (χ0n) is 11.5. The molecule has 0 aliphatic heterocycles. The van der Waals surface area contributed by atoms with Crippen molar-refractivity contribution in [2.75, 3.05) is 11.1 Å². The number of aryl methyl sites for hydroxylation is 1. The van der Waals surface area contributed by atoms with Crippen LogP contribution in [0.5, 0.6) is 0 Å². The molecule has 2 atom stereocenters. The first-order chi connectivity index (χ1) is 10.0. The van der Waals surface area contributed by atoms with Gasteiger partial charge in [0.1, 0.15) is 5.82 Å². The van der Waals surface area contributed by atoms with Gasteiger partial charge < -0.3 is 11.1 Å². The van der Waals surface area contributed by atoms with Crippen molar-refractivity contribution in [1.29, 1.82) is 0 Å². The summed E-state index contributed by atoms with van der Waals surface area (Å²) in [5.74, 6) is -0.119. The van der Waals surface area contributed by atoms with Crippen LogP contribution >= 0.6 is 0 Å². The van der Waals surface area contributed by atoms with Crippen LogP contribution in [0.1, 0.15) is 42.5 Å². The van der Waals surface area contributed by atoms with Crippen LogP contribution in [-0.4, -0.2) is 15.0 Å². The number of aromatic nitrogens is 3. The highest BCUT2D eigenvalue weighted by atomic mass is 19.1. The predicted molar refractivity (Wildman–Crippen MR) is 74.8 cm³/mol. The van der Waals surface area contributed by atoms with Gasteiger partial charge in [-0.3, -0.25) is 0 Å². The Bertz CT molecular complexity index is 674. The van der Waals surface area contributed by atoms with Gasteiger partial charge in [-0.05, 0) is 43.0 Å². The number of hydrogen-bond acceptors (Lipinski definition) is 5. The summed E-state index contributed by atoms with van der Waals surface area (Å²) in [5.41, 5.74) is 7.53. The van der Waals surface area contributed by atoms with Crippen molar-refractivity contribution in [2.24, 2.45) is 0 Å². The summed E-state index contributed by atoms with van der Waals surface area (Å²) in [6.45, 7) is 1.33. The summed E-state index contributed by atoms with van der Waals surface area (Å²) in [6.07, 6.45) is 0.314. The third-order valence-corrected chi connectivity index (χ3v) is 3.51. The average Bonchev–Trinajstić information content (AvgIpc) is 2.80. The molecule has 0 spiro atoms. The highest BCUT2D eigenvalue weighted by Gasteiger charge is 2.24. The molecular weight excluding hydrogens is 276 g/mol. The van der Waals surface area contributed by atoms with Gasteiger partial charge in [-0.2, -0.15) is 15.0 Å². The molecule has 0 saturated carbocycles. The summed E-state index contributed by atoms with van der Waals surface area (Å²) in [4.78, 5) is 11.7. The Kier molecular flexibility index (Phi) is 3.40. The molecular formula is C14H15F2N5. The summed E-state index contributed by atoms with van der Waals surface area (Å²) in [6, 6.07) is 4.62. The molecule has 3 N–H and O–H groups in total. The van der Waals surface area contributed by atoms with E-state index in [-0.39, 0.29) is 29.6 Å². The van der Waals surface area contributed by atoms with Gasteiger partial charge in [0.05, 0.1) is 6.04 Å². The van der Waals surface area contributed by atoms with Gasteiger partial charge in [0.2, 0.25) is 11.9 Å². The van der Waals surface area contributed by atoms with Crippen molar-refractivity contribution in [1.82, 2.24) is 15.0 Å². The number of benzene rings is 1. The first-order valence-electron chi connectivity index (χ1n) is 6.73. The molecule has 7 heteroatoms. The summed E-state index contributed by atoms with van der Waals surface area (Å²) in [7, 11) is 0. The number of nitrogens with zero attached hydrogens (tertiary/aromatic N) is 3. The van der Waals surface area contributed by atoms with Gasteiger partial charge in [0, 0.05) is 0 Å². The first-order valence-corrected chi connectivity index (χ1v) is 6.73. The molecule has 1 aliphatic rings. The number of alkyl halides is 1. The topological polar surface area (TPSA) is 76.7 Å². The van der Waals surface area contributed by atoms with Gasteiger partial charge in [-0.15, -0.1) is 0 Å². The Morgan fingerprint density at radius 1 is 1.33 bits per heavy atom. The highest BCUT2D eigenvalue weighted by molar-refractivity contribution is 5.42. The first kappa shape index (κ1) is 13.7. The Hall–Kier alpha value is -2.31. The molecule has 0 saturated heterocycles. The lowest BCUT2D eigenvalue weighted by Crippen LogP contribution is -2.13. The molecule has 0 fully saturated rings. The SMILES string of the molecule is CC(F)c1nc(N)nc(NC2CCc3ccc(F)cc32)n1. The minimum absolute atomic E-state index is 0.0116. The van der Waals surface area contributed by atoms with Crippen LogP contribution in [0.25, 0.3) is 0 Å². The van der Waals surface area contributed by atoms with E-state index in [4.69, 9.17) is 5.73 Å². The van der Waals surface area contributed by atoms with Crippen LogP contribution in [0.2, 0.25) is 0 Å². The lowest BCUT2D eigenvalue weighted by atomic mass is 10.1. The fourth-order valence-corrected chi connectivity index (χ4v) is 2.53. The number of fused-ring (bicyclic) bond motifs is 1. The van der Waals surface area contributed by atoms with E-state index in [0.717, 1.165) is 24.0 Å². The molecule has 21 heavy (non-hydrogen) atoms. The normalized spacial score (nSPS) is 18.3. The van der Waals surface area contributed by atoms with Crippen LogP contribution in [0.3, 0.4) is 0 Å². The molecule has 110 valence electrons. The molecule has 1 aromatic carbocycles. The number of halogens is 2. The fourth-order valence-electron chi connectivity index (χ4n) is 2.53. The lowest BCUT2D eigenvalue weighted by molar-refractivity contribution is 0.356. The van der Waals surface area contributed by atoms with Gasteiger partial charge in [0.25, 0.3) is 0 Å². The molecule has 1 aromatic heterocycles. The molecule has 1 heterocycles. The minimum Gasteiger partial charge on any atom is -0.368 e. The third kappa shape index (κ3) is 2.76. The van der Waals surface area contributed by atoms with Gasteiger partial charge in [-0.25, -0.2) is 8.78 Å². The van der Waals surface area contributed by atoms with Crippen LogP contribution in [-0.2, 0) is 6.42 Å². The number of nitrogens with one attached hydrogen (secondary N) is 1. The van der Waals surface area contributed by atoms with E-state index in [1.54, 1.807) is 6.07 Å². The van der Waals surface area contributed by atoms with Crippen molar-refractivity contribution in [3.8, 4) is 0 Å². The number of nitrogens with two attached hydrogens (primary N) is 1. The second-order valence-electron chi connectivity index (χ2n) is 5.07. The van der Waals surface area contributed by atoms with Gasteiger partial charge >= 0.3 is 0 Å². The second kappa shape index (κ2) is 5.23. The monoisotopic (exact) mass is 291 g/mol. The molecule has 2 unspecified atom stereocenters. The van der Waals surface area contributed by atoms with Crippen LogP contribution in [0, 0.1) is 5.82 Å². The quantitative estimate of drug-likeness (QED) is 0.909. The van der Waals surface area contributed by atoms with Crippen molar-refractivity contribution < 1.29 is 8.78 Å². The van der Waals surface area contributed by atoms with Gasteiger partial charge in [-0.1, -0.05) is 6.07 Å². The fraction of sp³-hybridized carbons (Fsp3) is 0.357. The number of hydrogen-bond donors (Lipinski definition) is 2. The van der Waals surface area contributed by atoms with Crippen LogP contribution in [0.15, 0.2) is 18.2 Å². The maximum Gasteiger partial charge on any atom is 0.228 e. The molecule has 3 rings (SSSR count). The Balaban J connectivity index is 1.87. The van der Waals surface area contributed by atoms with E-state index >= 15 is 0 Å². The maximum absolute atomic E-state index is 13.4. The van der Waals surface area contributed by atoms with E-state index in [1.807, 2.05) is 0 Å². The van der Waals surface area contributed by atoms with Crippen LogP contribution in [0.4, 0.5) is 20.7 Å². The highest BCUT2D eigenvalue weighted by Crippen LogP contribution is 2.33. The molecule has 0 amide bonds. The van der Waals surface area contributed by atoms with Crippen molar-refractivity contribution in [2.45, 2.75) is 32.0 Å². The predicted octanol–water partition coefficient (Wildman–Crippen LogP) is 2.72. The van der Waals surface area contributed by atoms with E-state index in [1.165, 1.54) is 19.1 Å². The smallest absolute Gasteiger partial charge is 0.228 e. The van der Waals surface area contributed by atoms with Gasteiger partial charge in [0.15, 0.2) is 12.0 Å². The molecule has 5 nitrogen and oxygen atoms in total. The van der Waals surface area contributed by atoms with Crippen molar-refractivity contribution in [3.63, 3.8) is 0 Å². The van der Waals surface area contributed by atoms with E-state index < -0.39 is 6.17 Å². The number of rotatable bonds is 3. The van der Waals surface area contributed by atoms with Crippen LogP contribution < -0.4 is 11.1 Å². The minimum atomic E-state index is -1.33. The summed E-state index contributed by atoms with van der Waals surface area (Å²) >= 11 is 0. The maximum atomic E-state index is 13.4.